The molecular formula is C70H54N4S2. The average Bonchev–Trinajstić information content (AvgIpc) is 4.15. The molecule has 10 aromatic carbocycles. The smallest absolute Gasteiger partial charge is 0.0463 e. The number of hydrogen-bond acceptors (Lipinski definition) is 6. The summed E-state index contributed by atoms with van der Waals surface area (Å²) in [5.41, 5.74) is 17.8. The van der Waals surface area contributed by atoms with E-state index in [-0.39, 0.29) is 0 Å². The third-order valence-corrected chi connectivity index (χ3v) is 15.8. The Bertz CT molecular complexity index is 3500. The van der Waals surface area contributed by atoms with Gasteiger partial charge in [0.2, 0.25) is 0 Å². The number of nitrogens with zero attached hydrogens (tertiary/aromatic N) is 4. The van der Waals surface area contributed by atoms with Crippen molar-refractivity contribution < 1.29 is 0 Å². The zero-order valence-corrected chi connectivity index (χ0v) is 44.0. The summed E-state index contributed by atoms with van der Waals surface area (Å²) in [6.07, 6.45) is 0. The molecule has 0 saturated carbocycles. The Labute approximate surface area is 454 Å². The first-order valence-electron chi connectivity index (χ1n) is 25.6. The van der Waals surface area contributed by atoms with Crippen molar-refractivity contribution in [1.82, 2.24) is 0 Å². The summed E-state index contributed by atoms with van der Waals surface area (Å²) < 4.78 is 0. The van der Waals surface area contributed by atoms with Crippen LogP contribution in [0.3, 0.4) is 0 Å². The molecule has 2 aromatic heterocycles. The molecule has 0 N–H and O–H groups in total. The molecule has 12 aromatic rings. The van der Waals surface area contributed by atoms with E-state index in [1.165, 1.54) is 30.6 Å². The molecule has 0 spiro atoms. The number of benzene rings is 10. The van der Waals surface area contributed by atoms with E-state index in [9.17, 15) is 0 Å². The van der Waals surface area contributed by atoms with Crippen LogP contribution in [0.4, 0.5) is 68.2 Å². The molecule has 12 rings (SSSR count). The van der Waals surface area contributed by atoms with Gasteiger partial charge in [-0.3, -0.25) is 0 Å². The molecule has 0 radical (unpaired) electrons. The molecule has 0 aliphatic carbocycles. The first-order chi connectivity index (χ1) is 37.5. The molecule has 0 saturated heterocycles. The standard InChI is InChI=1S/C70H54N4S2/c1-51-23-49-69(75-51)55-29-37-63(38-30-55)73(64-39-31-56(32-40-64)70-50-24-52(2)76-70)61-33-25-53(26-34-61)54-27-35-62(36-28-54)74(67-45-41-65(42-46-67)71(57-15-7-3-8-16-57)58-17-9-4-10-18-58)68-47-43-66(44-48-68)72(59-19-11-5-12-20-59)60-21-13-6-14-22-60/h3-50H,1-2H3. The second kappa shape index (κ2) is 21.7. The molecule has 0 unspecified atom stereocenters. The van der Waals surface area contributed by atoms with Gasteiger partial charge in [-0.05, 0) is 206 Å². The van der Waals surface area contributed by atoms with Crippen molar-refractivity contribution in [2.45, 2.75) is 13.8 Å². The molecule has 2 heterocycles. The molecular weight excluding hydrogens is 961 g/mol. The van der Waals surface area contributed by atoms with Crippen LogP contribution >= 0.6 is 22.7 Å². The molecule has 76 heavy (non-hydrogen) atoms. The SMILES string of the molecule is Cc1ccc(-c2ccc(N(c3ccc(-c4ccc(N(c5ccc(N(c6ccccc6)c6ccccc6)cc5)c5ccc(N(c6ccccc6)c6ccccc6)cc5)cc4)cc3)c3ccc(-c4ccc(C)s4)cc3)cc2)s1. The number of rotatable bonds is 15. The highest BCUT2D eigenvalue weighted by molar-refractivity contribution is 7.15. The lowest BCUT2D eigenvalue weighted by Gasteiger charge is -2.29. The maximum Gasteiger partial charge on any atom is 0.0463 e. The summed E-state index contributed by atoms with van der Waals surface area (Å²) in [6.45, 7) is 4.33. The van der Waals surface area contributed by atoms with Crippen LogP contribution in [0.1, 0.15) is 9.75 Å². The zero-order chi connectivity index (χ0) is 51.2. The lowest BCUT2D eigenvalue weighted by molar-refractivity contribution is 1.24. The van der Waals surface area contributed by atoms with Gasteiger partial charge in [0.1, 0.15) is 0 Å². The molecule has 0 fully saturated rings. The Balaban J connectivity index is 0.882. The summed E-state index contributed by atoms with van der Waals surface area (Å²) in [4.78, 5) is 14.5. The van der Waals surface area contributed by atoms with Gasteiger partial charge in [-0.2, -0.15) is 0 Å². The Hall–Kier alpha value is -9.20. The maximum absolute atomic E-state index is 2.35. The van der Waals surface area contributed by atoms with Crippen molar-refractivity contribution in [3.05, 3.63) is 301 Å². The first-order valence-corrected chi connectivity index (χ1v) is 27.3. The minimum Gasteiger partial charge on any atom is -0.311 e. The number of aryl methyl sites for hydroxylation is 2. The van der Waals surface area contributed by atoms with Crippen molar-refractivity contribution in [3.8, 4) is 32.0 Å². The normalized spacial score (nSPS) is 11.0. The van der Waals surface area contributed by atoms with Crippen LogP contribution in [0.15, 0.2) is 291 Å². The highest BCUT2D eigenvalue weighted by atomic mass is 32.1. The predicted molar refractivity (Wildman–Crippen MR) is 327 cm³/mol. The molecule has 0 atom stereocenters. The molecule has 0 aliphatic heterocycles. The van der Waals surface area contributed by atoms with Crippen LogP contribution in [0, 0.1) is 13.8 Å². The summed E-state index contributed by atoms with van der Waals surface area (Å²) >= 11 is 3.66. The van der Waals surface area contributed by atoms with Gasteiger partial charge in [-0.1, -0.05) is 121 Å². The fraction of sp³-hybridized carbons (Fsp3) is 0.0286. The van der Waals surface area contributed by atoms with Gasteiger partial charge in [-0.25, -0.2) is 0 Å². The van der Waals surface area contributed by atoms with Crippen LogP contribution in [0.5, 0.6) is 0 Å². The van der Waals surface area contributed by atoms with Gasteiger partial charge in [-0.15, -0.1) is 22.7 Å². The molecule has 0 bridgehead atoms. The van der Waals surface area contributed by atoms with E-state index in [1.807, 2.05) is 22.7 Å². The summed E-state index contributed by atoms with van der Waals surface area (Å²) in [5.74, 6) is 0. The van der Waals surface area contributed by atoms with E-state index in [0.717, 1.165) is 79.4 Å². The minimum absolute atomic E-state index is 1.05. The predicted octanol–water partition coefficient (Wildman–Crippen LogP) is 21.3. The molecule has 366 valence electrons. The zero-order valence-electron chi connectivity index (χ0n) is 42.3. The van der Waals surface area contributed by atoms with E-state index in [0.29, 0.717) is 0 Å². The van der Waals surface area contributed by atoms with Gasteiger partial charge in [0.25, 0.3) is 0 Å². The summed E-state index contributed by atoms with van der Waals surface area (Å²) in [7, 11) is 0. The summed E-state index contributed by atoms with van der Waals surface area (Å²) in [6, 6.07) is 105. The Morgan fingerprint density at radius 1 is 0.184 bits per heavy atom. The maximum atomic E-state index is 2.35. The summed E-state index contributed by atoms with van der Waals surface area (Å²) in [5, 5.41) is 0. The fourth-order valence-corrected chi connectivity index (χ4v) is 11.7. The Kier molecular flexibility index (Phi) is 13.7. The van der Waals surface area contributed by atoms with Crippen molar-refractivity contribution >= 4 is 90.9 Å². The quantitative estimate of drug-likeness (QED) is 0.101. The van der Waals surface area contributed by atoms with Gasteiger partial charge in [0, 0.05) is 87.8 Å². The largest absolute Gasteiger partial charge is 0.311 e. The van der Waals surface area contributed by atoms with Crippen LogP contribution in [-0.2, 0) is 0 Å². The van der Waals surface area contributed by atoms with Gasteiger partial charge < -0.3 is 19.6 Å². The highest BCUT2D eigenvalue weighted by Crippen LogP contribution is 2.43. The first kappa shape index (κ1) is 47.8. The van der Waals surface area contributed by atoms with E-state index in [1.54, 1.807) is 0 Å². The number of para-hydroxylation sites is 4. The topological polar surface area (TPSA) is 13.0 Å². The lowest BCUT2D eigenvalue weighted by atomic mass is 10.0. The van der Waals surface area contributed by atoms with E-state index in [4.69, 9.17) is 0 Å². The highest BCUT2D eigenvalue weighted by Gasteiger charge is 2.19. The average molecular weight is 1020 g/mol. The van der Waals surface area contributed by atoms with Gasteiger partial charge in [0.05, 0.1) is 0 Å². The number of thiophene rings is 2. The molecule has 0 amide bonds. The third kappa shape index (κ3) is 10.2. The number of anilines is 12. The van der Waals surface area contributed by atoms with Crippen molar-refractivity contribution in [1.29, 1.82) is 0 Å². The Morgan fingerprint density at radius 3 is 0.566 bits per heavy atom. The van der Waals surface area contributed by atoms with Gasteiger partial charge >= 0.3 is 0 Å². The van der Waals surface area contributed by atoms with Crippen molar-refractivity contribution in [3.63, 3.8) is 0 Å². The second-order valence-electron chi connectivity index (χ2n) is 18.7. The molecule has 0 aliphatic rings. The van der Waals surface area contributed by atoms with Crippen LogP contribution < -0.4 is 19.6 Å². The third-order valence-electron chi connectivity index (χ3n) is 13.7. The van der Waals surface area contributed by atoms with Crippen LogP contribution in [-0.4, -0.2) is 0 Å². The Morgan fingerprint density at radius 2 is 0.368 bits per heavy atom. The minimum atomic E-state index is 1.05. The van der Waals surface area contributed by atoms with Crippen LogP contribution in [0.2, 0.25) is 0 Å². The molecule has 6 heteroatoms. The van der Waals surface area contributed by atoms with E-state index >= 15 is 0 Å². The van der Waals surface area contributed by atoms with E-state index < -0.39 is 0 Å². The fourth-order valence-electron chi connectivity index (χ4n) is 9.93. The molecule has 4 nitrogen and oxygen atoms in total. The van der Waals surface area contributed by atoms with Crippen molar-refractivity contribution in [2.24, 2.45) is 0 Å². The second-order valence-corrected chi connectivity index (χ2v) is 21.3. The number of hydrogen-bond donors (Lipinski definition) is 0. The van der Waals surface area contributed by atoms with Crippen LogP contribution in [0.25, 0.3) is 32.0 Å². The van der Waals surface area contributed by atoms with E-state index in [2.05, 4.69) is 325 Å². The monoisotopic (exact) mass is 1010 g/mol. The van der Waals surface area contributed by atoms with Crippen molar-refractivity contribution in [2.75, 3.05) is 19.6 Å². The van der Waals surface area contributed by atoms with Gasteiger partial charge in [0.15, 0.2) is 0 Å². The lowest BCUT2D eigenvalue weighted by Crippen LogP contribution is -2.13.